The van der Waals surface area contributed by atoms with Crippen LogP contribution in [0, 0.1) is 6.92 Å². The van der Waals surface area contributed by atoms with Gasteiger partial charge in [-0.05, 0) is 54.6 Å². The second kappa shape index (κ2) is 5.76. The van der Waals surface area contributed by atoms with Gasteiger partial charge in [0.15, 0.2) is 5.96 Å². The Balaban J connectivity index is 1.74. The van der Waals surface area contributed by atoms with Crippen LogP contribution in [-0.4, -0.2) is 16.2 Å². The maximum absolute atomic E-state index is 12.1. The summed E-state index contributed by atoms with van der Waals surface area (Å²) in [5.41, 5.74) is 15.3. The van der Waals surface area contributed by atoms with Gasteiger partial charge in [-0.2, -0.15) is 0 Å². The standard InChI is InChI=1S/C15H17N5OS/c1-8-12(7-18-22-8)14(21)20-15(17)19-13-5-2-9-6-10(16)3-4-11(9)13/h3-4,6-7,13H,2,5,16H2,1H3,(H3,17,19,20,21). The average molecular weight is 315 g/mol. The zero-order valence-corrected chi connectivity index (χ0v) is 13.0. The number of carbonyl (C=O) groups excluding carboxylic acids is 1. The highest BCUT2D eigenvalue weighted by Gasteiger charge is 2.22. The summed E-state index contributed by atoms with van der Waals surface area (Å²) in [4.78, 5) is 17.4. The summed E-state index contributed by atoms with van der Waals surface area (Å²) in [6.45, 7) is 1.84. The van der Waals surface area contributed by atoms with Gasteiger partial charge in [0, 0.05) is 10.6 Å². The lowest BCUT2D eigenvalue weighted by Gasteiger charge is -2.09. The minimum absolute atomic E-state index is 0.0300. The van der Waals surface area contributed by atoms with E-state index in [0.717, 1.165) is 29.0 Å². The van der Waals surface area contributed by atoms with E-state index in [9.17, 15) is 4.79 Å². The molecule has 1 aliphatic rings. The van der Waals surface area contributed by atoms with Crippen LogP contribution in [-0.2, 0) is 6.42 Å². The highest BCUT2D eigenvalue weighted by atomic mass is 32.1. The molecule has 114 valence electrons. The molecule has 0 saturated heterocycles. The molecular formula is C15H17N5OS. The number of hydrogen-bond donors (Lipinski definition) is 3. The molecule has 0 saturated carbocycles. The first kappa shape index (κ1) is 14.5. The Labute approximate surface area is 132 Å². The molecule has 0 bridgehead atoms. The fraction of sp³-hybridized carbons (Fsp3) is 0.267. The van der Waals surface area contributed by atoms with Crippen molar-refractivity contribution in [1.82, 2.24) is 9.69 Å². The summed E-state index contributed by atoms with van der Waals surface area (Å²) in [5, 5.41) is 2.62. The number of fused-ring (bicyclic) bond motifs is 1. The summed E-state index contributed by atoms with van der Waals surface area (Å²) < 4.78 is 3.98. The van der Waals surface area contributed by atoms with Crippen LogP contribution in [0.15, 0.2) is 29.4 Å². The van der Waals surface area contributed by atoms with Gasteiger partial charge in [-0.1, -0.05) is 6.07 Å². The van der Waals surface area contributed by atoms with Crippen LogP contribution < -0.4 is 16.8 Å². The Morgan fingerprint density at radius 3 is 3.05 bits per heavy atom. The predicted octanol–water partition coefficient (Wildman–Crippen LogP) is 1.77. The summed E-state index contributed by atoms with van der Waals surface area (Å²) >= 11 is 1.28. The van der Waals surface area contributed by atoms with Gasteiger partial charge in [-0.15, -0.1) is 0 Å². The monoisotopic (exact) mass is 315 g/mol. The molecule has 1 aliphatic carbocycles. The van der Waals surface area contributed by atoms with Gasteiger partial charge in [0.05, 0.1) is 17.8 Å². The van der Waals surface area contributed by atoms with Gasteiger partial charge in [-0.25, -0.2) is 9.37 Å². The van der Waals surface area contributed by atoms with E-state index in [4.69, 9.17) is 11.5 Å². The van der Waals surface area contributed by atoms with Crippen LogP contribution in [0.2, 0.25) is 0 Å². The zero-order chi connectivity index (χ0) is 15.7. The Morgan fingerprint density at radius 1 is 1.50 bits per heavy atom. The van der Waals surface area contributed by atoms with Crippen molar-refractivity contribution in [2.45, 2.75) is 25.8 Å². The molecule has 7 heteroatoms. The number of aryl methyl sites for hydroxylation is 2. The van der Waals surface area contributed by atoms with Gasteiger partial charge in [0.2, 0.25) is 0 Å². The number of amides is 1. The third-order valence-electron chi connectivity index (χ3n) is 3.75. The molecule has 1 heterocycles. The number of rotatable bonds is 2. The lowest BCUT2D eigenvalue weighted by molar-refractivity contribution is 0.0976. The number of aromatic nitrogens is 1. The maximum Gasteiger partial charge on any atom is 0.260 e. The summed E-state index contributed by atoms with van der Waals surface area (Å²) in [7, 11) is 0. The lowest BCUT2D eigenvalue weighted by Crippen LogP contribution is -2.37. The Hall–Kier alpha value is -2.41. The van der Waals surface area contributed by atoms with Crippen molar-refractivity contribution in [3.63, 3.8) is 0 Å². The van der Waals surface area contributed by atoms with E-state index in [1.165, 1.54) is 23.3 Å². The van der Waals surface area contributed by atoms with Crippen molar-refractivity contribution in [2.75, 3.05) is 5.73 Å². The average Bonchev–Trinajstić information content (AvgIpc) is 3.05. The molecule has 1 atom stereocenters. The molecule has 22 heavy (non-hydrogen) atoms. The third kappa shape index (κ3) is 2.80. The number of nitrogens with zero attached hydrogens (tertiary/aromatic N) is 2. The van der Waals surface area contributed by atoms with Crippen LogP contribution in [0.5, 0.6) is 0 Å². The van der Waals surface area contributed by atoms with E-state index < -0.39 is 0 Å². The highest BCUT2D eigenvalue weighted by Crippen LogP contribution is 2.34. The normalized spacial score (nSPS) is 17.3. The minimum Gasteiger partial charge on any atom is -0.399 e. The molecule has 6 nitrogen and oxygen atoms in total. The van der Waals surface area contributed by atoms with E-state index in [-0.39, 0.29) is 17.9 Å². The largest absolute Gasteiger partial charge is 0.399 e. The van der Waals surface area contributed by atoms with Crippen LogP contribution in [0.1, 0.15) is 38.8 Å². The first-order valence-corrected chi connectivity index (χ1v) is 7.76. The molecule has 0 radical (unpaired) electrons. The number of hydrogen-bond acceptors (Lipinski definition) is 5. The Morgan fingerprint density at radius 2 is 2.32 bits per heavy atom. The molecule has 1 unspecified atom stereocenters. The van der Waals surface area contributed by atoms with E-state index in [1.807, 2.05) is 25.1 Å². The fourth-order valence-corrected chi connectivity index (χ4v) is 3.21. The number of nitrogen functional groups attached to an aromatic ring is 1. The van der Waals surface area contributed by atoms with Crippen molar-refractivity contribution < 1.29 is 4.79 Å². The van der Waals surface area contributed by atoms with Crippen molar-refractivity contribution in [3.05, 3.63) is 46.0 Å². The number of guanidine groups is 1. The smallest absolute Gasteiger partial charge is 0.260 e. The van der Waals surface area contributed by atoms with Crippen LogP contribution in [0.4, 0.5) is 5.69 Å². The molecule has 5 N–H and O–H groups in total. The predicted molar refractivity (Wildman–Crippen MR) is 87.9 cm³/mol. The molecule has 0 aliphatic heterocycles. The summed E-state index contributed by atoms with van der Waals surface area (Å²) in [6.07, 6.45) is 3.33. The molecular weight excluding hydrogens is 298 g/mol. The summed E-state index contributed by atoms with van der Waals surface area (Å²) in [5.74, 6) is -0.145. The molecule has 3 rings (SSSR count). The fourth-order valence-electron chi connectivity index (χ4n) is 2.65. The first-order valence-electron chi connectivity index (χ1n) is 6.99. The topological polar surface area (TPSA) is 106 Å². The Kier molecular flexibility index (Phi) is 3.81. The second-order valence-corrected chi connectivity index (χ2v) is 6.28. The quantitative estimate of drug-likeness (QED) is 0.446. The van der Waals surface area contributed by atoms with Crippen LogP contribution in [0.3, 0.4) is 0 Å². The Bertz CT molecular complexity index is 752. The SMILES string of the molecule is Cc1sncc1C(=O)NC(N)=NC1CCc2cc(N)ccc21. The van der Waals surface area contributed by atoms with Gasteiger partial charge in [-0.3, -0.25) is 10.1 Å². The number of carbonyl (C=O) groups is 1. The van der Waals surface area contributed by atoms with Crippen molar-refractivity contribution in [3.8, 4) is 0 Å². The van der Waals surface area contributed by atoms with E-state index in [1.54, 1.807) is 0 Å². The third-order valence-corrected chi connectivity index (χ3v) is 4.45. The molecule has 2 aromatic rings. The zero-order valence-electron chi connectivity index (χ0n) is 12.2. The molecule has 0 spiro atoms. The number of anilines is 1. The van der Waals surface area contributed by atoms with Crippen LogP contribution in [0.25, 0.3) is 0 Å². The number of nitrogens with one attached hydrogen (secondary N) is 1. The van der Waals surface area contributed by atoms with E-state index >= 15 is 0 Å². The number of nitrogens with two attached hydrogens (primary N) is 2. The minimum atomic E-state index is -0.275. The lowest BCUT2D eigenvalue weighted by atomic mass is 10.1. The van der Waals surface area contributed by atoms with E-state index in [0.29, 0.717) is 5.56 Å². The molecule has 1 amide bonds. The second-order valence-electron chi connectivity index (χ2n) is 5.28. The van der Waals surface area contributed by atoms with Gasteiger partial charge in [0.1, 0.15) is 0 Å². The van der Waals surface area contributed by atoms with E-state index in [2.05, 4.69) is 14.7 Å². The van der Waals surface area contributed by atoms with Crippen molar-refractivity contribution >= 4 is 29.1 Å². The van der Waals surface area contributed by atoms with Gasteiger partial charge >= 0.3 is 0 Å². The van der Waals surface area contributed by atoms with Gasteiger partial charge in [0.25, 0.3) is 5.91 Å². The summed E-state index contributed by atoms with van der Waals surface area (Å²) in [6, 6.07) is 5.79. The van der Waals surface area contributed by atoms with Crippen molar-refractivity contribution in [2.24, 2.45) is 10.7 Å². The van der Waals surface area contributed by atoms with Crippen LogP contribution >= 0.6 is 11.5 Å². The van der Waals surface area contributed by atoms with Crippen molar-refractivity contribution in [1.29, 1.82) is 0 Å². The molecule has 0 fully saturated rings. The number of aliphatic imine (C=N–C) groups is 1. The first-order chi connectivity index (χ1) is 10.5. The number of benzene rings is 1. The molecule has 1 aromatic heterocycles. The molecule has 1 aromatic carbocycles. The maximum atomic E-state index is 12.1. The van der Waals surface area contributed by atoms with Gasteiger partial charge < -0.3 is 11.5 Å². The highest BCUT2D eigenvalue weighted by molar-refractivity contribution is 7.06.